The predicted octanol–water partition coefficient (Wildman–Crippen LogP) is 1.60. The molecule has 0 amide bonds. The third-order valence-electron chi connectivity index (χ3n) is 1.12. The molecule has 2 nitrogen and oxygen atoms in total. The molecule has 0 saturated heterocycles. The van der Waals surface area contributed by atoms with E-state index in [2.05, 4.69) is 15.9 Å². The van der Waals surface area contributed by atoms with Crippen LogP contribution in [0.2, 0.25) is 0 Å². The molecule has 0 aromatic heterocycles. The van der Waals surface area contributed by atoms with Crippen LogP contribution in [-0.2, 0) is 9.84 Å². The Morgan fingerprint density at radius 3 is 2.80 bits per heavy atom. The summed E-state index contributed by atoms with van der Waals surface area (Å²) in [6.07, 6.45) is 4.01. The van der Waals surface area contributed by atoms with Crippen LogP contribution in [0.15, 0.2) is 23.0 Å². The first-order valence-electron chi connectivity index (χ1n) is 2.84. The van der Waals surface area contributed by atoms with Crippen molar-refractivity contribution in [3.63, 3.8) is 0 Å². The molecule has 0 bridgehead atoms. The van der Waals surface area contributed by atoms with E-state index in [1.807, 2.05) is 0 Å². The van der Waals surface area contributed by atoms with Crippen molar-refractivity contribution in [1.29, 1.82) is 0 Å². The molecule has 0 N–H and O–H groups in total. The van der Waals surface area contributed by atoms with Crippen molar-refractivity contribution in [2.45, 2.75) is 11.2 Å². The molecule has 0 radical (unpaired) electrons. The van der Waals surface area contributed by atoms with Crippen molar-refractivity contribution in [3.05, 3.63) is 23.0 Å². The van der Waals surface area contributed by atoms with Crippen LogP contribution in [0, 0.1) is 0 Å². The Morgan fingerprint density at radius 1 is 1.40 bits per heavy atom. The minimum absolute atomic E-state index is 0.154. The van der Waals surface area contributed by atoms with Gasteiger partial charge in [-0.15, -0.1) is 0 Å². The van der Waals surface area contributed by atoms with Crippen LogP contribution in [-0.4, -0.2) is 13.2 Å². The zero-order chi connectivity index (χ0) is 7.61. The van der Waals surface area contributed by atoms with E-state index >= 15 is 0 Å². The average Bonchev–Trinajstić information content (AvgIpc) is 1.94. The maximum atomic E-state index is 10.8. The molecule has 1 rings (SSSR count). The second kappa shape index (κ2) is 2.88. The van der Waals surface area contributed by atoms with E-state index < -0.39 is 9.84 Å². The Kier molecular flexibility index (Phi) is 2.31. The van der Waals surface area contributed by atoms with Gasteiger partial charge in [0.1, 0.15) is 0 Å². The summed E-state index contributed by atoms with van der Waals surface area (Å²) in [5.41, 5.74) is 0. The normalized spacial score (nSPS) is 29.9. The lowest BCUT2D eigenvalue weighted by Crippen LogP contribution is -1.87. The molecule has 10 heavy (non-hydrogen) atoms. The predicted molar refractivity (Wildman–Crippen MR) is 44.5 cm³/mol. The first kappa shape index (κ1) is 8.01. The van der Waals surface area contributed by atoms with Crippen LogP contribution in [0.25, 0.3) is 0 Å². The molecule has 1 aliphatic heterocycles. The SMILES string of the molecule is O=S1(=O)C=CC[C@H](Br)C=C1. The molecule has 0 saturated carbocycles. The lowest BCUT2D eigenvalue weighted by atomic mass is 10.3. The molecule has 1 aliphatic rings. The zero-order valence-corrected chi connectivity index (χ0v) is 7.60. The van der Waals surface area contributed by atoms with Gasteiger partial charge in [-0.2, -0.15) is 0 Å². The van der Waals surface area contributed by atoms with E-state index in [4.69, 9.17) is 0 Å². The Labute approximate surface area is 68.7 Å². The smallest absolute Gasteiger partial charge is 0.192 e. The van der Waals surface area contributed by atoms with Crippen molar-refractivity contribution >= 4 is 25.8 Å². The third kappa shape index (κ3) is 2.27. The van der Waals surface area contributed by atoms with E-state index in [9.17, 15) is 8.42 Å². The molecule has 0 aliphatic carbocycles. The van der Waals surface area contributed by atoms with Gasteiger partial charge in [0.2, 0.25) is 0 Å². The van der Waals surface area contributed by atoms with Crippen molar-refractivity contribution in [2.75, 3.05) is 0 Å². The van der Waals surface area contributed by atoms with Gasteiger partial charge in [-0.3, -0.25) is 0 Å². The van der Waals surface area contributed by atoms with Crippen LogP contribution in [0.4, 0.5) is 0 Å². The molecular formula is C6H7BrO2S. The molecule has 1 atom stereocenters. The fourth-order valence-corrected chi connectivity index (χ4v) is 2.09. The van der Waals surface area contributed by atoms with Gasteiger partial charge >= 0.3 is 0 Å². The Morgan fingerprint density at radius 2 is 2.10 bits per heavy atom. The highest BCUT2D eigenvalue weighted by atomic mass is 79.9. The van der Waals surface area contributed by atoms with Crippen molar-refractivity contribution < 1.29 is 8.42 Å². The molecule has 56 valence electrons. The molecule has 1 heterocycles. The number of allylic oxidation sites excluding steroid dienone is 2. The number of sulfone groups is 1. The van der Waals surface area contributed by atoms with Gasteiger partial charge in [-0.05, 0) is 6.42 Å². The Bertz CT molecular complexity index is 263. The van der Waals surface area contributed by atoms with Gasteiger partial charge in [0.25, 0.3) is 0 Å². The Hall–Kier alpha value is -0.0900. The van der Waals surface area contributed by atoms with E-state index in [0.29, 0.717) is 0 Å². The molecule has 0 aromatic rings. The quantitative estimate of drug-likeness (QED) is 0.584. The average molecular weight is 223 g/mol. The molecular weight excluding hydrogens is 216 g/mol. The van der Waals surface area contributed by atoms with Gasteiger partial charge < -0.3 is 0 Å². The summed E-state index contributed by atoms with van der Waals surface area (Å²) in [5, 5.41) is 2.45. The van der Waals surface area contributed by atoms with Gasteiger partial charge in [-0.1, -0.05) is 28.1 Å². The summed E-state index contributed by atoms with van der Waals surface area (Å²) in [7, 11) is -3.04. The number of rotatable bonds is 0. The molecule has 0 fully saturated rings. The first-order chi connectivity index (χ1) is 4.60. The molecule has 4 heteroatoms. The first-order valence-corrected chi connectivity index (χ1v) is 5.36. The van der Waals surface area contributed by atoms with Gasteiger partial charge in [-0.25, -0.2) is 8.42 Å². The standard InChI is InChI=1S/C6H7BrO2S/c7-6-2-1-4-10(8,9)5-3-6/h1,3-6H,2H2/t6-/m0/s1. The summed E-state index contributed by atoms with van der Waals surface area (Å²) in [5.74, 6) is 0. The summed E-state index contributed by atoms with van der Waals surface area (Å²) >= 11 is 3.29. The third-order valence-corrected chi connectivity index (χ3v) is 2.91. The van der Waals surface area contributed by atoms with Gasteiger partial charge in [0.15, 0.2) is 9.84 Å². The van der Waals surface area contributed by atoms with E-state index in [1.54, 1.807) is 12.2 Å². The monoisotopic (exact) mass is 222 g/mol. The Balaban J connectivity index is 2.96. The highest BCUT2D eigenvalue weighted by Crippen LogP contribution is 2.13. The van der Waals surface area contributed by atoms with Crippen LogP contribution in [0.5, 0.6) is 0 Å². The topological polar surface area (TPSA) is 34.1 Å². The second-order valence-corrected chi connectivity index (χ2v) is 4.94. The maximum Gasteiger partial charge on any atom is 0.192 e. The lowest BCUT2D eigenvalue weighted by Gasteiger charge is -1.92. The highest BCUT2D eigenvalue weighted by molar-refractivity contribution is 9.09. The minimum Gasteiger partial charge on any atom is -0.220 e. The van der Waals surface area contributed by atoms with Crippen LogP contribution < -0.4 is 0 Å². The zero-order valence-electron chi connectivity index (χ0n) is 5.20. The van der Waals surface area contributed by atoms with Crippen molar-refractivity contribution in [1.82, 2.24) is 0 Å². The maximum absolute atomic E-state index is 10.8. The highest BCUT2D eigenvalue weighted by Gasteiger charge is 2.06. The number of hydrogen-bond donors (Lipinski definition) is 0. The van der Waals surface area contributed by atoms with Crippen molar-refractivity contribution in [2.24, 2.45) is 0 Å². The van der Waals surface area contributed by atoms with Crippen LogP contribution in [0.3, 0.4) is 0 Å². The summed E-state index contributed by atoms with van der Waals surface area (Å²) in [6, 6.07) is 0. The van der Waals surface area contributed by atoms with Crippen LogP contribution in [0.1, 0.15) is 6.42 Å². The van der Waals surface area contributed by atoms with Gasteiger partial charge in [0, 0.05) is 15.6 Å². The van der Waals surface area contributed by atoms with E-state index in [1.165, 1.54) is 10.8 Å². The van der Waals surface area contributed by atoms with Gasteiger partial charge in [0.05, 0.1) is 0 Å². The molecule has 0 unspecified atom stereocenters. The summed E-state index contributed by atoms with van der Waals surface area (Å²) in [4.78, 5) is 0.154. The fraction of sp³-hybridized carbons (Fsp3) is 0.333. The van der Waals surface area contributed by atoms with E-state index in [-0.39, 0.29) is 4.83 Å². The van der Waals surface area contributed by atoms with Crippen molar-refractivity contribution in [3.8, 4) is 0 Å². The largest absolute Gasteiger partial charge is 0.220 e. The fourth-order valence-electron chi connectivity index (χ4n) is 0.638. The number of halogens is 1. The number of alkyl halides is 1. The summed E-state index contributed by atoms with van der Waals surface area (Å²) in [6.45, 7) is 0. The van der Waals surface area contributed by atoms with E-state index in [0.717, 1.165) is 6.42 Å². The molecule has 0 aromatic carbocycles. The minimum atomic E-state index is -3.04. The lowest BCUT2D eigenvalue weighted by molar-refractivity contribution is 0.612. The number of hydrogen-bond acceptors (Lipinski definition) is 2. The molecule has 0 spiro atoms. The summed E-state index contributed by atoms with van der Waals surface area (Å²) < 4.78 is 21.6. The second-order valence-electron chi connectivity index (χ2n) is 2.04. The van der Waals surface area contributed by atoms with Crippen LogP contribution >= 0.6 is 15.9 Å².